The fourth-order valence-electron chi connectivity index (χ4n) is 3.74. The SMILES string of the molecule is O=c1[nH]c(CN2CC(OCc3ccccc3)C2)cn2c(-c3ccc(F)cc3)ncc12. The molecule has 2 aromatic carbocycles. The lowest BCUT2D eigenvalue weighted by Gasteiger charge is -2.38. The zero-order chi connectivity index (χ0) is 20.5. The summed E-state index contributed by atoms with van der Waals surface area (Å²) >= 11 is 0. The summed E-state index contributed by atoms with van der Waals surface area (Å²) in [6, 6.07) is 16.2. The van der Waals surface area contributed by atoms with E-state index in [4.69, 9.17) is 4.74 Å². The summed E-state index contributed by atoms with van der Waals surface area (Å²) in [6.45, 7) is 2.87. The van der Waals surface area contributed by atoms with Gasteiger partial charge in [0.05, 0.1) is 18.9 Å². The molecule has 0 radical (unpaired) electrons. The van der Waals surface area contributed by atoms with Gasteiger partial charge in [0.15, 0.2) is 0 Å². The fourth-order valence-corrected chi connectivity index (χ4v) is 3.74. The molecule has 0 unspecified atom stereocenters. The van der Waals surface area contributed by atoms with Crippen LogP contribution in [0.2, 0.25) is 0 Å². The first-order chi connectivity index (χ1) is 14.7. The van der Waals surface area contributed by atoms with Crippen molar-refractivity contribution in [3.05, 3.63) is 94.4 Å². The molecule has 0 spiro atoms. The van der Waals surface area contributed by atoms with E-state index in [-0.39, 0.29) is 17.5 Å². The number of nitrogens with one attached hydrogen (secondary N) is 1. The Balaban J connectivity index is 1.27. The van der Waals surface area contributed by atoms with Crippen molar-refractivity contribution in [1.82, 2.24) is 19.3 Å². The van der Waals surface area contributed by atoms with Crippen LogP contribution in [-0.2, 0) is 17.9 Å². The van der Waals surface area contributed by atoms with Crippen LogP contribution in [0.5, 0.6) is 0 Å². The summed E-state index contributed by atoms with van der Waals surface area (Å²) in [4.78, 5) is 22.0. The predicted octanol–water partition coefficient (Wildman–Crippen LogP) is 3.23. The molecule has 4 aromatic rings. The maximum absolute atomic E-state index is 13.2. The van der Waals surface area contributed by atoms with Crippen LogP contribution in [0.4, 0.5) is 4.39 Å². The van der Waals surface area contributed by atoms with Crippen molar-refractivity contribution in [1.29, 1.82) is 0 Å². The molecule has 0 bridgehead atoms. The number of fused-ring (bicyclic) bond motifs is 1. The molecule has 152 valence electrons. The van der Waals surface area contributed by atoms with Gasteiger partial charge in [0.2, 0.25) is 0 Å². The van der Waals surface area contributed by atoms with Gasteiger partial charge in [-0.25, -0.2) is 9.37 Å². The second kappa shape index (κ2) is 7.85. The average Bonchev–Trinajstić information content (AvgIpc) is 3.15. The number of ether oxygens (including phenoxy) is 1. The van der Waals surface area contributed by atoms with Crippen LogP contribution in [0.1, 0.15) is 11.3 Å². The molecule has 5 rings (SSSR count). The van der Waals surface area contributed by atoms with Gasteiger partial charge in [0, 0.05) is 37.1 Å². The number of halogens is 1. The summed E-state index contributed by atoms with van der Waals surface area (Å²) in [5, 5.41) is 0. The topological polar surface area (TPSA) is 62.6 Å². The summed E-state index contributed by atoms with van der Waals surface area (Å²) in [5.74, 6) is 0.310. The Morgan fingerprint density at radius 2 is 1.87 bits per heavy atom. The van der Waals surface area contributed by atoms with Crippen LogP contribution in [-0.4, -0.2) is 38.5 Å². The van der Waals surface area contributed by atoms with E-state index in [1.807, 2.05) is 24.4 Å². The fraction of sp³-hybridized carbons (Fsp3) is 0.217. The normalized spacial score (nSPS) is 14.8. The van der Waals surface area contributed by atoms with Crippen LogP contribution in [0.25, 0.3) is 16.9 Å². The summed E-state index contributed by atoms with van der Waals surface area (Å²) in [6.07, 6.45) is 3.63. The third kappa shape index (κ3) is 3.77. The van der Waals surface area contributed by atoms with Crippen molar-refractivity contribution in [3.63, 3.8) is 0 Å². The molecule has 0 amide bonds. The largest absolute Gasteiger partial charge is 0.371 e. The number of aromatic amines is 1. The first-order valence-electron chi connectivity index (χ1n) is 9.89. The monoisotopic (exact) mass is 404 g/mol. The Morgan fingerprint density at radius 1 is 1.10 bits per heavy atom. The lowest BCUT2D eigenvalue weighted by atomic mass is 10.1. The molecule has 3 heterocycles. The highest BCUT2D eigenvalue weighted by Gasteiger charge is 2.27. The van der Waals surface area contributed by atoms with Crippen LogP contribution < -0.4 is 5.56 Å². The lowest BCUT2D eigenvalue weighted by molar-refractivity contribution is -0.0663. The molecule has 1 fully saturated rings. The molecule has 1 saturated heterocycles. The Labute approximate surface area is 172 Å². The third-order valence-electron chi connectivity index (χ3n) is 5.34. The van der Waals surface area contributed by atoms with Crippen molar-refractivity contribution in [2.75, 3.05) is 13.1 Å². The minimum absolute atomic E-state index is 0.189. The highest BCUT2D eigenvalue weighted by Crippen LogP contribution is 2.20. The molecule has 0 atom stereocenters. The summed E-state index contributed by atoms with van der Waals surface area (Å²) < 4.78 is 21.0. The Morgan fingerprint density at radius 3 is 2.63 bits per heavy atom. The van der Waals surface area contributed by atoms with Crippen molar-refractivity contribution >= 4 is 5.52 Å². The lowest BCUT2D eigenvalue weighted by Crippen LogP contribution is -2.51. The minimum atomic E-state index is -0.306. The van der Waals surface area contributed by atoms with Gasteiger partial charge in [-0.1, -0.05) is 30.3 Å². The molecule has 6 nitrogen and oxygen atoms in total. The van der Waals surface area contributed by atoms with E-state index < -0.39 is 0 Å². The second-order valence-corrected chi connectivity index (χ2v) is 7.57. The van der Waals surface area contributed by atoms with Gasteiger partial charge >= 0.3 is 0 Å². The predicted molar refractivity (Wildman–Crippen MR) is 112 cm³/mol. The Hall–Kier alpha value is -3.29. The van der Waals surface area contributed by atoms with Gasteiger partial charge in [-0.15, -0.1) is 0 Å². The van der Waals surface area contributed by atoms with Crippen LogP contribution in [0.3, 0.4) is 0 Å². The molecular weight excluding hydrogens is 383 g/mol. The molecule has 30 heavy (non-hydrogen) atoms. The number of hydrogen-bond acceptors (Lipinski definition) is 4. The van der Waals surface area contributed by atoms with Crippen LogP contribution in [0.15, 0.2) is 71.8 Å². The molecule has 2 aromatic heterocycles. The molecule has 1 aliphatic heterocycles. The van der Waals surface area contributed by atoms with Gasteiger partial charge in [0.1, 0.15) is 17.2 Å². The Kier molecular flexibility index (Phi) is 4.90. The maximum atomic E-state index is 13.2. The number of aromatic nitrogens is 3. The molecule has 1 N–H and O–H groups in total. The first-order valence-corrected chi connectivity index (χ1v) is 9.89. The standard InChI is InChI=1S/C23H21FN4O2/c24-18-8-6-17(7-9-18)22-25-10-21-23(29)26-19(12-28(21)22)11-27-13-20(14-27)30-15-16-4-2-1-3-5-16/h1-10,12,20H,11,13-15H2,(H,26,29). The number of imidazole rings is 1. The number of likely N-dealkylation sites (tertiary alicyclic amines) is 1. The van der Waals surface area contributed by atoms with Crippen molar-refractivity contribution in [2.45, 2.75) is 19.3 Å². The first kappa shape index (κ1) is 18.7. The quantitative estimate of drug-likeness (QED) is 0.536. The number of nitrogens with zero attached hydrogens (tertiary/aromatic N) is 3. The van der Waals surface area contributed by atoms with E-state index in [0.29, 0.717) is 24.5 Å². The molecule has 7 heteroatoms. The molecular formula is C23H21FN4O2. The van der Waals surface area contributed by atoms with E-state index in [1.165, 1.54) is 17.7 Å². The minimum Gasteiger partial charge on any atom is -0.371 e. The number of rotatable bonds is 6. The molecule has 1 aliphatic rings. The van der Waals surface area contributed by atoms with Crippen molar-refractivity contribution in [3.8, 4) is 11.4 Å². The van der Waals surface area contributed by atoms with E-state index in [9.17, 15) is 9.18 Å². The van der Waals surface area contributed by atoms with Gasteiger partial charge in [-0.3, -0.25) is 14.1 Å². The number of hydrogen-bond donors (Lipinski definition) is 1. The zero-order valence-corrected chi connectivity index (χ0v) is 16.3. The van der Waals surface area contributed by atoms with Gasteiger partial charge in [-0.05, 0) is 29.8 Å². The van der Waals surface area contributed by atoms with E-state index in [2.05, 4.69) is 27.0 Å². The highest BCUT2D eigenvalue weighted by molar-refractivity contribution is 5.61. The highest BCUT2D eigenvalue weighted by atomic mass is 19.1. The van der Waals surface area contributed by atoms with Crippen LogP contribution in [0, 0.1) is 5.82 Å². The Bertz CT molecular complexity index is 1210. The maximum Gasteiger partial charge on any atom is 0.274 e. The summed E-state index contributed by atoms with van der Waals surface area (Å²) in [5.41, 5.74) is 3.00. The van der Waals surface area contributed by atoms with Crippen molar-refractivity contribution in [2.24, 2.45) is 0 Å². The smallest absolute Gasteiger partial charge is 0.274 e. The number of benzene rings is 2. The van der Waals surface area contributed by atoms with Crippen molar-refractivity contribution < 1.29 is 9.13 Å². The molecule has 0 saturated carbocycles. The van der Waals surface area contributed by atoms with E-state index in [1.54, 1.807) is 22.7 Å². The van der Waals surface area contributed by atoms with E-state index in [0.717, 1.165) is 24.3 Å². The zero-order valence-electron chi connectivity index (χ0n) is 16.3. The van der Waals surface area contributed by atoms with Crippen LogP contribution >= 0.6 is 0 Å². The number of H-pyrrole nitrogens is 1. The average molecular weight is 404 g/mol. The van der Waals surface area contributed by atoms with E-state index >= 15 is 0 Å². The van der Waals surface area contributed by atoms with Gasteiger partial charge < -0.3 is 9.72 Å². The second-order valence-electron chi connectivity index (χ2n) is 7.57. The third-order valence-corrected chi connectivity index (χ3v) is 5.34. The van der Waals surface area contributed by atoms with Gasteiger partial charge in [0.25, 0.3) is 5.56 Å². The van der Waals surface area contributed by atoms with Gasteiger partial charge in [-0.2, -0.15) is 0 Å². The summed E-state index contributed by atoms with van der Waals surface area (Å²) in [7, 11) is 0. The molecule has 0 aliphatic carbocycles.